The molecule has 5 heteroatoms. The van der Waals surface area contributed by atoms with Crippen LogP contribution >= 0.6 is 0 Å². The SMILES string of the molecule is CCC(C)NC(=O)c1cccc(C(=O)NCc2ccccn2)c1. The molecule has 0 bridgehead atoms. The van der Waals surface area contributed by atoms with Crippen molar-refractivity contribution < 1.29 is 9.59 Å². The number of hydrogen-bond acceptors (Lipinski definition) is 3. The minimum Gasteiger partial charge on any atom is -0.350 e. The van der Waals surface area contributed by atoms with E-state index in [2.05, 4.69) is 15.6 Å². The predicted molar refractivity (Wildman–Crippen MR) is 89.1 cm³/mol. The molecule has 2 amide bonds. The van der Waals surface area contributed by atoms with E-state index in [0.29, 0.717) is 17.7 Å². The molecule has 0 radical (unpaired) electrons. The lowest BCUT2D eigenvalue weighted by Gasteiger charge is -2.12. The first-order chi connectivity index (χ1) is 11.1. The average molecular weight is 311 g/mol. The molecule has 1 heterocycles. The summed E-state index contributed by atoms with van der Waals surface area (Å²) in [4.78, 5) is 28.5. The minimum atomic E-state index is -0.228. The van der Waals surface area contributed by atoms with E-state index in [4.69, 9.17) is 0 Å². The number of amides is 2. The molecule has 0 spiro atoms. The second-order valence-electron chi connectivity index (χ2n) is 5.37. The number of nitrogens with zero attached hydrogens (tertiary/aromatic N) is 1. The van der Waals surface area contributed by atoms with Gasteiger partial charge in [0, 0.05) is 23.4 Å². The van der Waals surface area contributed by atoms with Crippen LogP contribution in [0, 0.1) is 0 Å². The van der Waals surface area contributed by atoms with Gasteiger partial charge in [-0.1, -0.05) is 19.1 Å². The first-order valence-corrected chi connectivity index (χ1v) is 7.69. The molecule has 2 aromatic rings. The highest BCUT2D eigenvalue weighted by Gasteiger charge is 2.12. The van der Waals surface area contributed by atoms with Gasteiger partial charge in [-0.25, -0.2) is 0 Å². The molecule has 0 aliphatic rings. The van der Waals surface area contributed by atoms with Gasteiger partial charge in [-0.15, -0.1) is 0 Å². The monoisotopic (exact) mass is 311 g/mol. The van der Waals surface area contributed by atoms with Crippen LogP contribution in [0.2, 0.25) is 0 Å². The molecule has 1 aromatic heterocycles. The molecule has 1 atom stereocenters. The number of carbonyl (C=O) groups is 2. The summed E-state index contributed by atoms with van der Waals surface area (Å²) in [5.41, 5.74) is 1.72. The fourth-order valence-electron chi connectivity index (χ4n) is 1.99. The summed E-state index contributed by atoms with van der Waals surface area (Å²) in [6.45, 7) is 4.30. The summed E-state index contributed by atoms with van der Waals surface area (Å²) in [6.07, 6.45) is 2.54. The Kier molecular flexibility index (Phi) is 5.86. The third-order valence-corrected chi connectivity index (χ3v) is 3.53. The van der Waals surface area contributed by atoms with Crippen molar-refractivity contribution in [2.45, 2.75) is 32.9 Å². The second-order valence-corrected chi connectivity index (χ2v) is 5.37. The lowest BCUT2D eigenvalue weighted by atomic mass is 10.1. The maximum Gasteiger partial charge on any atom is 0.251 e. The Bertz CT molecular complexity index is 671. The van der Waals surface area contributed by atoms with Crippen LogP contribution in [0.5, 0.6) is 0 Å². The first-order valence-electron chi connectivity index (χ1n) is 7.69. The molecular formula is C18H21N3O2. The van der Waals surface area contributed by atoms with Gasteiger partial charge in [-0.3, -0.25) is 14.6 Å². The average Bonchev–Trinajstić information content (AvgIpc) is 2.60. The molecule has 23 heavy (non-hydrogen) atoms. The second kappa shape index (κ2) is 8.08. The van der Waals surface area contributed by atoms with E-state index in [-0.39, 0.29) is 17.9 Å². The van der Waals surface area contributed by atoms with Crippen molar-refractivity contribution in [2.24, 2.45) is 0 Å². The van der Waals surface area contributed by atoms with Crippen LogP contribution in [-0.4, -0.2) is 22.8 Å². The fourth-order valence-corrected chi connectivity index (χ4v) is 1.99. The van der Waals surface area contributed by atoms with E-state index in [1.54, 1.807) is 30.5 Å². The summed E-state index contributed by atoms with van der Waals surface area (Å²) >= 11 is 0. The van der Waals surface area contributed by atoms with Crippen LogP contribution in [0.25, 0.3) is 0 Å². The Labute approximate surface area is 136 Å². The third kappa shape index (κ3) is 4.92. The molecule has 1 unspecified atom stereocenters. The quantitative estimate of drug-likeness (QED) is 0.861. The summed E-state index contributed by atoms with van der Waals surface area (Å²) in [6, 6.07) is 12.3. The van der Waals surface area contributed by atoms with Crippen molar-refractivity contribution in [1.29, 1.82) is 0 Å². The smallest absolute Gasteiger partial charge is 0.251 e. The van der Waals surface area contributed by atoms with Crippen LogP contribution in [0.1, 0.15) is 46.7 Å². The number of hydrogen-bond donors (Lipinski definition) is 2. The van der Waals surface area contributed by atoms with Gasteiger partial charge in [-0.2, -0.15) is 0 Å². The Hall–Kier alpha value is -2.69. The number of carbonyl (C=O) groups excluding carboxylic acids is 2. The van der Waals surface area contributed by atoms with Gasteiger partial charge in [0.05, 0.1) is 12.2 Å². The van der Waals surface area contributed by atoms with Gasteiger partial charge in [0.15, 0.2) is 0 Å². The zero-order valence-electron chi connectivity index (χ0n) is 13.4. The standard InChI is InChI=1S/C18H21N3O2/c1-3-13(2)21-18(23)15-8-6-7-14(11-15)17(22)20-12-16-9-4-5-10-19-16/h4-11,13H,3,12H2,1-2H3,(H,20,22)(H,21,23). The normalized spacial score (nSPS) is 11.6. The van der Waals surface area contributed by atoms with Gasteiger partial charge in [0.1, 0.15) is 0 Å². The van der Waals surface area contributed by atoms with Crippen molar-refractivity contribution in [3.8, 4) is 0 Å². The van der Waals surface area contributed by atoms with Crippen molar-refractivity contribution >= 4 is 11.8 Å². The van der Waals surface area contributed by atoms with E-state index in [9.17, 15) is 9.59 Å². The molecular weight excluding hydrogens is 290 g/mol. The number of pyridine rings is 1. The van der Waals surface area contributed by atoms with Gasteiger partial charge in [-0.05, 0) is 43.7 Å². The van der Waals surface area contributed by atoms with Crippen molar-refractivity contribution in [2.75, 3.05) is 0 Å². The van der Waals surface area contributed by atoms with Gasteiger partial charge < -0.3 is 10.6 Å². The van der Waals surface area contributed by atoms with E-state index in [1.165, 1.54) is 0 Å². The lowest BCUT2D eigenvalue weighted by molar-refractivity contribution is 0.0939. The Balaban J connectivity index is 2.01. The molecule has 120 valence electrons. The topological polar surface area (TPSA) is 71.1 Å². The van der Waals surface area contributed by atoms with Gasteiger partial charge >= 0.3 is 0 Å². The van der Waals surface area contributed by atoms with Gasteiger partial charge in [0.2, 0.25) is 0 Å². The first kappa shape index (κ1) is 16.7. The van der Waals surface area contributed by atoms with Crippen molar-refractivity contribution in [3.05, 3.63) is 65.5 Å². The van der Waals surface area contributed by atoms with Crippen molar-refractivity contribution in [1.82, 2.24) is 15.6 Å². The predicted octanol–water partition coefficient (Wildman–Crippen LogP) is 2.54. The largest absolute Gasteiger partial charge is 0.350 e. The van der Waals surface area contributed by atoms with E-state index >= 15 is 0 Å². The number of aromatic nitrogens is 1. The molecule has 1 aromatic carbocycles. The molecule has 5 nitrogen and oxygen atoms in total. The van der Waals surface area contributed by atoms with Gasteiger partial charge in [0.25, 0.3) is 11.8 Å². The number of benzene rings is 1. The van der Waals surface area contributed by atoms with E-state index in [1.807, 2.05) is 32.0 Å². The molecule has 0 saturated heterocycles. The number of rotatable bonds is 6. The third-order valence-electron chi connectivity index (χ3n) is 3.53. The highest BCUT2D eigenvalue weighted by molar-refractivity contribution is 5.99. The summed E-state index contributed by atoms with van der Waals surface area (Å²) in [5, 5.41) is 5.69. The Morgan fingerprint density at radius 2 is 1.83 bits per heavy atom. The molecule has 2 N–H and O–H groups in total. The molecule has 0 fully saturated rings. The molecule has 0 aliphatic carbocycles. The summed E-state index contributed by atoms with van der Waals surface area (Å²) < 4.78 is 0. The van der Waals surface area contributed by atoms with Crippen LogP contribution in [0.3, 0.4) is 0 Å². The summed E-state index contributed by atoms with van der Waals surface area (Å²) in [7, 11) is 0. The maximum atomic E-state index is 12.2. The Morgan fingerprint density at radius 1 is 1.09 bits per heavy atom. The lowest BCUT2D eigenvalue weighted by Crippen LogP contribution is -2.32. The zero-order valence-corrected chi connectivity index (χ0v) is 13.4. The van der Waals surface area contributed by atoms with E-state index in [0.717, 1.165) is 12.1 Å². The molecule has 2 rings (SSSR count). The van der Waals surface area contributed by atoms with E-state index < -0.39 is 0 Å². The fraction of sp³-hybridized carbons (Fsp3) is 0.278. The maximum absolute atomic E-state index is 12.2. The summed E-state index contributed by atoms with van der Waals surface area (Å²) in [5.74, 6) is -0.396. The zero-order chi connectivity index (χ0) is 16.7. The van der Waals surface area contributed by atoms with Crippen LogP contribution < -0.4 is 10.6 Å². The molecule has 0 saturated carbocycles. The van der Waals surface area contributed by atoms with Crippen LogP contribution in [-0.2, 0) is 6.54 Å². The number of nitrogens with one attached hydrogen (secondary N) is 2. The minimum absolute atomic E-state index is 0.101. The van der Waals surface area contributed by atoms with Crippen molar-refractivity contribution in [3.63, 3.8) is 0 Å². The molecule has 0 aliphatic heterocycles. The highest BCUT2D eigenvalue weighted by Crippen LogP contribution is 2.07. The highest BCUT2D eigenvalue weighted by atomic mass is 16.2. The van der Waals surface area contributed by atoms with Crippen LogP contribution in [0.15, 0.2) is 48.7 Å². The van der Waals surface area contributed by atoms with Crippen LogP contribution in [0.4, 0.5) is 0 Å². The Morgan fingerprint density at radius 3 is 2.48 bits per heavy atom.